The quantitative estimate of drug-likeness (QED) is 0.819. The molecule has 0 spiro atoms. The van der Waals surface area contributed by atoms with Gasteiger partial charge in [0.15, 0.2) is 0 Å². The highest BCUT2D eigenvalue weighted by Crippen LogP contribution is 2.13. The number of benzene rings is 1. The number of rotatable bonds is 5. The Balaban J connectivity index is 1.42. The summed E-state index contributed by atoms with van der Waals surface area (Å²) in [4.78, 5) is 7.66. The Morgan fingerprint density at radius 1 is 0.667 bits per heavy atom. The van der Waals surface area contributed by atoms with Gasteiger partial charge in [0.05, 0.1) is 0 Å². The Morgan fingerprint density at radius 3 is 2.00 bits per heavy atom. The lowest BCUT2D eigenvalue weighted by molar-refractivity contribution is 0.206. The van der Waals surface area contributed by atoms with Crippen molar-refractivity contribution in [3.8, 4) is 0 Å². The van der Waals surface area contributed by atoms with E-state index in [1.165, 1.54) is 64.8 Å². The molecule has 0 aliphatic carbocycles. The lowest BCUT2D eigenvalue weighted by Crippen LogP contribution is -2.37. The van der Waals surface area contributed by atoms with Crippen molar-refractivity contribution in [3.05, 3.63) is 35.6 Å². The van der Waals surface area contributed by atoms with Gasteiger partial charge in [-0.15, -0.1) is 0 Å². The van der Waals surface area contributed by atoms with Gasteiger partial charge in [-0.3, -0.25) is 4.90 Å². The molecule has 2 aliphatic heterocycles. The molecule has 0 aromatic heterocycles. The van der Waals surface area contributed by atoms with Crippen molar-refractivity contribution in [2.24, 2.45) is 0 Å². The average Bonchev–Trinajstić information content (AvgIpc) is 2.98. The smallest absolute Gasteiger partial charge is 0.127 e. The van der Waals surface area contributed by atoms with Crippen LogP contribution in [0.15, 0.2) is 24.3 Å². The van der Waals surface area contributed by atoms with Gasteiger partial charge < -0.3 is 9.80 Å². The third kappa shape index (κ3) is 5.54. The van der Waals surface area contributed by atoms with Crippen molar-refractivity contribution >= 4 is 0 Å². The van der Waals surface area contributed by atoms with E-state index in [9.17, 15) is 4.39 Å². The second kappa shape index (κ2) is 9.50. The maximum absolute atomic E-state index is 13.8. The van der Waals surface area contributed by atoms with Crippen molar-refractivity contribution < 1.29 is 4.39 Å². The normalized spacial score (nSPS) is 22.2. The van der Waals surface area contributed by atoms with Crippen LogP contribution in [0.2, 0.25) is 0 Å². The van der Waals surface area contributed by atoms with E-state index in [-0.39, 0.29) is 5.82 Å². The zero-order valence-corrected chi connectivity index (χ0v) is 14.9. The molecule has 0 unspecified atom stereocenters. The van der Waals surface area contributed by atoms with Crippen LogP contribution in [-0.2, 0) is 6.54 Å². The van der Waals surface area contributed by atoms with E-state index in [0.717, 1.165) is 31.7 Å². The van der Waals surface area contributed by atoms with Gasteiger partial charge >= 0.3 is 0 Å². The van der Waals surface area contributed by atoms with Gasteiger partial charge in [0.25, 0.3) is 0 Å². The molecule has 24 heavy (non-hydrogen) atoms. The molecule has 2 fully saturated rings. The van der Waals surface area contributed by atoms with Crippen LogP contribution in [0.5, 0.6) is 0 Å². The number of hydrogen-bond acceptors (Lipinski definition) is 3. The van der Waals surface area contributed by atoms with Crippen LogP contribution in [0.25, 0.3) is 0 Å². The molecule has 4 heteroatoms. The molecule has 0 bridgehead atoms. The summed E-state index contributed by atoms with van der Waals surface area (Å²) in [6.45, 7) is 10.1. The third-order valence-corrected chi connectivity index (χ3v) is 5.46. The van der Waals surface area contributed by atoms with Crippen LogP contribution < -0.4 is 0 Å². The van der Waals surface area contributed by atoms with Gasteiger partial charge in [-0.2, -0.15) is 0 Å². The summed E-state index contributed by atoms with van der Waals surface area (Å²) in [6.07, 6.45) is 6.75. The Kier molecular flexibility index (Phi) is 7.06. The fraction of sp³-hybridized carbons (Fsp3) is 0.700. The van der Waals surface area contributed by atoms with E-state index in [0.29, 0.717) is 0 Å². The minimum absolute atomic E-state index is 0.0697. The molecule has 2 aliphatic rings. The van der Waals surface area contributed by atoms with Crippen LogP contribution in [-0.4, -0.2) is 67.1 Å². The Morgan fingerprint density at radius 2 is 1.25 bits per heavy atom. The van der Waals surface area contributed by atoms with E-state index in [1.807, 2.05) is 12.1 Å². The Bertz CT molecular complexity index is 486. The van der Waals surface area contributed by atoms with Crippen molar-refractivity contribution in [1.29, 1.82) is 0 Å². The first-order valence-corrected chi connectivity index (χ1v) is 9.72. The topological polar surface area (TPSA) is 9.72 Å². The fourth-order valence-corrected chi connectivity index (χ4v) is 3.92. The molecular formula is C20H32FN3. The van der Waals surface area contributed by atoms with E-state index in [4.69, 9.17) is 0 Å². The maximum atomic E-state index is 13.8. The second-order valence-electron chi connectivity index (χ2n) is 7.32. The number of likely N-dealkylation sites (tertiary alicyclic amines) is 1. The SMILES string of the molecule is Fc1ccccc1CN1CCCN(CCN2CCCCCC2)CC1. The molecule has 3 rings (SSSR count). The van der Waals surface area contributed by atoms with E-state index >= 15 is 0 Å². The summed E-state index contributed by atoms with van der Waals surface area (Å²) in [7, 11) is 0. The van der Waals surface area contributed by atoms with Crippen LogP contribution >= 0.6 is 0 Å². The molecule has 0 saturated carbocycles. The lowest BCUT2D eigenvalue weighted by Gasteiger charge is -2.26. The van der Waals surface area contributed by atoms with E-state index < -0.39 is 0 Å². The molecule has 134 valence electrons. The van der Waals surface area contributed by atoms with Crippen LogP contribution in [0.4, 0.5) is 4.39 Å². The van der Waals surface area contributed by atoms with Gasteiger partial charge in [0.1, 0.15) is 5.82 Å². The highest BCUT2D eigenvalue weighted by Gasteiger charge is 2.17. The summed E-state index contributed by atoms with van der Waals surface area (Å²) >= 11 is 0. The van der Waals surface area contributed by atoms with Crippen LogP contribution in [0, 0.1) is 5.82 Å². The first kappa shape index (κ1) is 17.8. The van der Waals surface area contributed by atoms with Gasteiger partial charge in [-0.1, -0.05) is 31.0 Å². The predicted molar refractivity (Wildman–Crippen MR) is 97.6 cm³/mol. The molecule has 1 aromatic carbocycles. The highest BCUT2D eigenvalue weighted by atomic mass is 19.1. The zero-order chi connectivity index (χ0) is 16.6. The monoisotopic (exact) mass is 333 g/mol. The van der Waals surface area contributed by atoms with Gasteiger partial charge in [0.2, 0.25) is 0 Å². The van der Waals surface area contributed by atoms with Crippen LogP contribution in [0.1, 0.15) is 37.7 Å². The highest BCUT2D eigenvalue weighted by molar-refractivity contribution is 5.17. The number of halogens is 1. The first-order chi connectivity index (χ1) is 11.8. The first-order valence-electron chi connectivity index (χ1n) is 9.72. The predicted octanol–water partition coefficient (Wildman–Crippen LogP) is 3.21. The van der Waals surface area contributed by atoms with Gasteiger partial charge in [-0.25, -0.2) is 4.39 Å². The maximum Gasteiger partial charge on any atom is 0.127 e. The van der Waals surface area contributed by atoms with Crippen molar-refractivity contribution in [2.75, 3.05) is 52.4 Å². The average molecular weight is 333 g/mol. The summed E-state index contributed by atoms with van der Waals surface area (Å²) in [5, 5.41) is 0. The third-order valence-electron chi connectivity index (χ3n) is 5.46. The number of hydrogen-bond donors (Lipinski definition) is 0. The summed E-state index contributed by atoms with van der Waals surface area (Å²) in [5.74, 6) is -0.0697. The summed E-state index contributed by atoms with van der Waals surface area (Å²) in [6, 6.07) is 7.19. The van der Waals surface area contributed by atoms with E-state index in [2.05, 4.69) is 14.7 Å². The van der Waals surface area contributed by atoms with Gasteiger partial charge in [-0.05, 0) is 51.5 Å². The minimum atomic E-state index is -0.0697. The summed E-state index contributed by atoms with van der Waals surface area (Å²) < 4.78 is 13.8. The fourth-order valence-electron chi connectivity index (χ4n) is 3.92. The molecule has 0 amide bonds. The summed E-state index contributed by atoms with van der Waals surface area (Å²) in [5.41, 5.74) is 0.829. The van der Waals surface area contributed by atoms with Gasteiger partial charge in [0, 0.05) is 38.3 Å². The Hall–Kier alpha value is -0.970. The Labute approximate surface area is 146 Å². The zero-order valence-electron chi connectivity index (χ0n) is 14.9. The molecule has 2 heterocycles. The molecule has 1 aromatic rings. The standard InChI is InChI=1S/C20H32FN3/c21-20-9-4-3-8-19(20)18-24-13-7-12-23(16-17-24)15-14-22-10-5-1-2-6-11-22/h3-4,8-9H,1-2,5-7,10-18H2. The number of nitrogens with zero attached hydrogens (tertiary/aromatic N) is 3. The molecule has 0 N–H and O–H groups in total. The molecule has 0 radical (unpaired) electrons. The lowest BCUT2D eigenvalue weighted by atomic mass is 10.2. The largest absolute Gasteiger partial charge is 0.302 e. The van der Waals surface area contributed by atoms with Crippen molar-refractivity contribution in [3.63, 3.8) is 0 Å². The van der Waals surface area contributed by atoms with Crippen molar-refractivity contribution in [2.45, 2.75) is 38.6 Å². The molecule has 3 nitrogen and oxygen atoms in total. The van der Waals surface area contributed by atoms with E-state index in [1.54, 1.807) is 12.1 Å². The van der Waals surface area contributed by atoms with Crippen molar-refractivity contribution in [1.82, 2.24) is 14.7 Å². The molecule has 2 saturated heterocycles. The molecule has 0 atom stereocenters. The second-order valence-corrected chi connectivity index (χ2v) is 7.32. The van der Waals surface area contributed by atoms with Crippen LogP contribution in [0.3, 0.4) is 0 Å². The molecular weight excluding hydrogens is 301 g/mol. The minimum Gasteiger partial charge on any atom is -0.302 e.